The second-order valence-electron chi connectivity index (χ2n) is 26.0. The van der Waals surface area contributed by atoms with Gasteiger partial charge in [-0.05, 0) is 77.0 Å². The van der Waals surface area contributed by atoms with Gasteiger partial charge in [0.05, 0.1) is 26.4 Å². The van der Waals surface area contributed by atoms with E-state index in [9.17, 15) is 43.2 Å². The molecule has 3 N–H and O–H groups in total. The third-order valence-electron chi connectivity index (χ3n) is 16.6. The van der Waals surface area contributed by atoms with Crippen molar-refractivity contribution in [3.63, 3.8) is 0 Å². The molecule has 0 saturated carbocycles. The Kier molecular flexibility index (Phi) is 66.8. The Hall–Kier alpha value is -2.72. The smallest absolute Gasteiger partial charge is 0.462 e. The second-order valence-corrected chi connectivity index (χ2v) is 28.9. The van der Waals surface area contributed by atoms with Gasteiger partial charge in [-0.25, -0.2) is 9.13 Å². The molecule has 0 amide bonds. The average Bonchev–Trinajstić information content (AvgIpc) is 2.26. The molecule has 0 aliphatic heterocycles. The molecule has 94 heavy (non-hydrogen) atoms. The van der Waals surface area contributed by atoms with Crippen LogP contribution in [0.4, 0.5) is 0 Å². The molecule has 0 spiro atoms. The first-order valence-electron chi connectivity index (χ1n) is 38.2. The normalized spacial score (nSPS) is 14.2. The summed E-state index contributed by atoms with van der Waals surface area (Å²) in [5, 5.41) is 10.6. The van der Waals surface area contributed by atoms with Crippen molar-refractivity contribution < 1.29 is 80.2 Å². The van der Waals surface area contributed by atoms with Crippen LogP contribution in [-0.2, 0) is 65.4 Å². The summed E-state index contributed by atoms with van der Waals surface area (Å²) in [5.41, 5.74) is 0. The van der Waals surface area contributed by atoms with Crippen molar-refractivity contribution in [3.05, 3.63) is 36.5 Å². The first kappa shape index (κ1) is 91.3. The Morgan fingerprint density at radius 2 is 0.521 bits per heavy atom. The van der Waals surface area contributed by atoms with Gasteiger partial charge in [-0.3, -0.25) is 37.3 Å². The van der Waals surface area contributed by atoms with Crippen LogP contribution in [0.3, 0.4) is 0 Å². The molecule has 0 radical (unpaired) electrons. The van der Waals surface area contributed by atoms with Gasteiger partial charge < -0.3 is 33.8 Å². The lowest BCUT2D eigenvalue weighted by atomic mass is 10.0. The number of aliphatic hydroxyl groups is 1. The molecule has 0 fully saturated rings. The van der Waals surface area contributed by atoms with Gasteiger partial charge in [0.2, 0.25) is 0 Å². The van der Waals surface area contributed by atoms with Crippen LogP contribution in [0.15, 0.2) is 36.5 Å². The molecule has 552 valence electrons. The van der Waals surface area contributed by atoms with E-state index in [4.69, 9.17) is 37.0 Å². The molecular weight excluding hydrogens is 1230 g/mol. The molecule has 0 aromatic carbocycles. The van der Waals surface area contributed by atoms with Gasteiger partial charge in [0.15, 0.2) is 12.2 Å². The molecule has 17 nitrogen and oxygen atoms in total. The summed E-state index contributed by atoms with van der Waals surface area (Å²) in [6, 6.07) is 0. The van der Waals surface area contributed by atoms with Gasteiger partial charge in [0.25, 0.3) is 0 Å². The van der Waals surface area contributed by atoms with Crippen molar-refractivity contribution in [1.82, 2.24) is 0 Å². The molecule has 0 saturated heterocycles. The molecule has 0 bridgehead atoms. The maximum absolute atomic E-state index is 13.1. The molecular formula is C75H140O17P2. The van der Waals surface area contributed by atoms with Crippen molar-refractivity contribution in [3.8, 4) is 0 Å². The van der Waals surface area contributed by atoms with E-state index in [2.05, 4.69) is 64.2 Å². The van der Waals surface area contributed by atoms with Gasteiger partial charge >= 0.3 is 39.5 Å². The molecule has 0 rings (SSSR count). The summed E-state index contributed by atoms with van der Waals surface area (Å²) < 4.78 is 68.4. The number of rotatable bonds is 73. The van der Waals surface area contributed by atoms with Crippen LogP contribution in [0, 0.1) is 0 Å². The minimum absolute atomic E-state index is 0.0818. The van der Waals surface area contributed by atoms with E-state index in [1.54, 1.807) is 0 Å². The SMILES string of the molecule is CCCCCC/C=C\C=C/CCCCCCCC(=O)O[C@H](COC(=O)CCCCCCC/C=C\CCCCCC)COP(=O)(O)OC[C@@H](O)COP(=O)(O)OC[C@@H](COC(=O)CCCCCCCCCCCCCCC)OC(=O)CCCCCCCCCCCCCCC. The zero-order valence-electron chi connectivity index (χ0n) is 60.2. The number of hydrogen-bond acceptors (Lipinski definition) is 15. The molecule has 19 heteroatoms. The first-order valence-corrected chi connectivity index (χ1v) is 41.2. The van der Waals surface area contributed by atoms with Crippen molar-refractivity contribution in [2.24, 2.45) is 0 Å². The lowest BCUT2D eigenvalue weighted by Gasteiger charge is -2.21. The number of esters is 4. The predicted molar refractivity (Wildman–Crippen MR) is 381 cm³/mol. The highest BCUT2D eigenvalue weighted by Crippen LogP contribution is 2.45. The van der Waals surface area contributed by atoms with E-state index < -0.39 is 97.5 Å². The topological polar surface area (TPSA) is 237 Å². The van der Waals surface area contributed by atoms with Crippen LogP contribution < -0.4 is 0 Å². The Morgan fingerprint density at radius 3 is 0.809 bits per heavy atom. The predicted octanol–water partition coefficient (Wildman–Crippen LogP) is 21.6. The second kappa shape index (κ2) is 68.8. The third kappa shape index (κ3) is 67.8. The molecule has 2 unspecified atom stereocenters. The maximum atomic E-state index is 13.1. The zero-order valence-corrected chi connectivity index (χ0v) is 61.9. The summed E-state index contributed by atoms with van der Waals surface area (Å²) in [6.45, 7) is 4.88. The number of ether oxygens (including phenoxy) is 4. The number of phosphoric ester groups is 2. The summed E-state index contributed by atoms with van der Waals surface area (Å²) >= 11 is 0. The fourth-order valence-electron chi connectivity index (χ4n) is 10.7. The number of phosphoric acid groups is 2. The monoisotopic (exact) mass is 1370 g/mol. The molecule has 0 aliphatic carbocycles. The van der Waals surface area contributed by atoms with E-state index in [-0.39, 0.29) is 25.7 Å². The minimum Gasteiger partial charge on any atom is -0.462 e. The number of aliphatic hydroxyl groups excluding tert-OH is 1. The Labute approximate surface area is 573 Å². The Balaban J connectivity index is 5.31. The lowest BCUT2D eigenvalue weighted by Crippen LogP contribution is -2.30. The largest absolute Gasteiger partial charge is 0.472 e. The van der Waals surface area contributed by atoms with Gasteiger partial charge in [0, 0.05) is 25.7 Å². The van der Waals surface area contributed by atoms with Gasteiger partial charge in [-0.15, -0.1) is 0 Å². The van der Waals surface area contributed by atoms with Crippen LogP contribution in [0.25, 0.3) is 0 Å². The maximum Gasteiger partial charge on any atom is 0.472 e. The number of allylic oxidation sites excluding steroid dienone is 6. The quantitative estimate of drug-likeness (QED) is 0.0128. The van der Waals surface area contributed by atoms with Crippen molar-refractivity contribution in [2.45, 2.75) is 380 Å². The van der Waals surface area contributed by atoms with E-state index in [0.29, 0.717) is 25.7 Å². The minimum atomic E-state index is -4.97. The standard InChI is InChI=1S/C75H140O17P2/c1-5-9-13-17-21-25-29-33-34-38-42-46-50-54-58-62-75(80)92-71(66-86-73(78)60-56-52-48-44-40-36-31-27-23-19-15-11-7-3)68-90-94(83,84)88-64-69(76)63-87-93(81,82)89-67-70(91-74(79)61-57-53-49-45-41-37-32-28-24-20-16-12-8-4)65-85-72(77)59-55-51-47-43-39-35-30-26-22-18-14-10-6-2/h25,27,29,31,33-34,69-71,76H,5-24,26,28,30,32,35-68H2,1-4H3,(H,81,82)(H,83,84)/b29-25-,31-27-,34-33-/t69-,70+,71+/m0/s1. The van der Waals surface area contributed by atoms with Gasteiger partial charge in [0.1, 0.15) is 19.3 Å². The zero-order chi connectivity index (χ0) is 69.0. The lowest BCUT2D eigenvalue weighted by molar-refractivity contribution is -0.161. The molecule has 0 aliphatic rings. The summed E-state index contributed by atoms with van der Waals surface area (Å²) in [7, 11) is -9.93. The van der Waals surface area contributed by atoms with Crippen molar-refractivity contribution in [1.29, 1.82) is 0 Å². The summed E-state index contributed by atoms with van der Waals surface area (Å²) in [4.78, 5) is 72.7. The van der Waals surface area contributed by atoms with E-state index in [1.165, 1.54) is 161 Å². The van der Waals surface area contributed by atoms with E-state index in [0.717, 1.165) is 122 Å². The van der Waals surface area contributed by atoms with Crippen LogP contribution in [0.2, 0.25) is 0 Å². The Bertz CT molecular complexity index is 1930. The number of carbonyl (C=O) groups excluding carboxylic acids is 4. The summed E-state index contributed by atoms with van der Waals surface area (Å²) in [6.07, 6.45) is 62.7. The third-order valence-corrected chi connectivity index (χ3v) is 18.5. The Morgan fingerprint density at radius 1 is 0.298 bits per heavy atom. The fourth-order valence-corrected chi connectivity index (χ4v) is 12.3. The fraction of sp³-hybridized carbons (Fsp3) is 0.867. The summed E-state index contributed by atoms with van der Waals surface area (Å²) in [5.74, 6) is -2.16. The van der Waals surface area contributed by atoms with Gasteiger partial charge in [-0.2, -0.15) is 0 Å². The number of hydrogen-bond donors (Lipinski definition) is 3. The number of unbranched alkanes of at least 4 members (excludes halogenated alkanes) is 42. The van der Waals surface area contributed by atoms with E-state index in [1.807, 2.05) is 0 Å². The van der Waals surface area contributed by atoms with Crippen LogP contribution in [0.5, 0.6) is 0 Å². The first-order chi connectivity index (χ1) is 45.7. The van der Waals surface area contributed by atoms with Crippen LogP contribution in [-0.4, -0.2) is 96.7 Å². The highest BCUT2D eigenvalue weighted by Gasteiger charge is 2.30. The molecule has 0 aromatic heterocycles. The number of carbonyl (C=O) groups is 4. The van der Waals surface area contributed by atoms with Crippen molar-refractivity contribution in [2.75, 3.05) is 39.6 Å². The highest BCUT2D eigenvalue weighted by molar-refractivity contribution is 7.47. The molecule has 5 atom stereocenters. The van der Waals surface area contributed by atoms with Gasteiger partial charge in [-0.1, -0.05) is 295 Å². The molecule has 0 aromatic rings. The van der Waals surface area contributed by atoms with Crippen LogP contribution >= 0.6 is 15.6 Å². The highest BCUT2D eigenvalue weighted by atomic mass is 31.2. The molecule has 0 heterocycles. The average molecular weight is 1380 g/mol. The van der Waals surface area contributed by atoms with Crippen LogP contribution in [0.1, 0.15) is 362 Å². The van der Waals surface area contributed by atoms with E-state index >= 15 is 0 Å². The van der Waals surface area contributed by atoms with Crippen molar-refractivity contribution >= 4 is 39.5 Å².